The Bertz CT molecular complexity index is 739. The number of aromatic nitrogens is 1. The zero-order valence-electron chi connectivity index (χ0n) is 18.7. The maximum absolute atomic E-state index is 12.1. The molecule has 0 saturated carbocycles. The monoisotopic (exact) mass is 476 g/mol. The number of nitrogens with zero attached hydrogens (tertiary/aromatic N) is 2. The van der Waals surface area contributed by atoms with E-state index in [0.717, 1.165) is 57.7 Å². The molecule has 186 valence electrons. The maximum Gasteiger partial charge on any atom is 0.490 e. The van der Waals surface area contributed by atoms with Crippen molar-refractivity contribution in [1.29, 1.82) is 0 Å². The Morgan fingerprint density at radius 3 is 2.55 bits per heavy atom. The van der Waals surface area contributed by atoms with E-state index < -0.39 is 12.1 Å². The molecule has 33 heavy (non-hydrogen) atoms. The molecule has 1 aromatic heterocycles. The molecule has 3 rings (SSSR count). The van der Waals surface area contributed by atoms with Crippen molar-refractivity contribution in [2.45, 2.75) is 51.0 Å². The number of pyridine rings is 1. The summed E-state index contributed by atoms with van der Waals surface area (Å²) in [6.07, 6.45) is 0.615. The van der Waals surface area contributed by atoms with Gasteiger partial charge in [0.2, 0.25) is 5.91 Å². The summed E-state index contributed by atoms with van der Waals surface area (Å²) in [7, 11) is 0. The van der Waals surface area contributed by atoms with Gasteiger partial charge in [-0.15, -0.1) is 0 Å². The van der Waals surface area contributed by atoms with Crippen LogP contribution in [0.25, 0.3) is 0 Å². The molecule has 1 amide bonds. The van der Waals surface area contributed by atoms with Crippen LogP contribution in [0.1, 0.15) is 38.3 Å². The van der Waals surface area contributed by atoms with E-state index in [0.29, 0.717) is 19.1 Å². The zero-order valence-corrected chi connectivity index (χ0v) is 18.7. The summed E-state index contributed by atoms with van der Waals surface area (Å²) < 4.78 is 49.0. The van der Waals surface area contributed by atoms with E-state index in [1.807, 2.05) is 30.0 Å². The fraction of sp³-hybridized carbons (Fsp3) is 0.682. The third kappa shape index (κ3) is 8.56. The molecule has 1 unspecified atom stereocenters. The highest BCUT2D eigenvalue weighted by Gasteiger charge is 2.46. The summed E-state index contributed by atoms with van der Waals surface area (Å²) in [4.78, 5) is 27.2. The van der Waals surface area contributed by atoms with Crippen LogP contribution < -0.4 is 0 Å². The number of carbonyl (C=O) groups is 2. The molecule has 0 radical (unpaired) electrons. The van der Waals surface area contributed by atoms with Crippen molar-refractivity contribution >= 4 is 11.9 Å². The van der Waals surface area contributed by atoms with Crippen molar-refractivity contribution in [3.8, 4) is 0 Å². The van der Waals surface area contributed by atoms with Crippen LogP contribution in [0.15, 0.2) is 24.4 Å². The number of amides is 1. The molecule has 1 N–H and O–H groups in total. The van der Waals surface area contributed by atoms with Crippen molar-refractivity contribution < 1.29 is 42.1 Å². The van der Waals surface area contributed by atoms with Crippen LogP contribution in [0.2, 0.25) is 0 Å². The molecule has 1 aromatic rings. The van der Waals surface area contributed by atoms with Crippen LogP contribution in [-0.4, -0.2) is 78.2 Å². The van der Waals surface area contributed by atoms with Gasteiger partial charge in [-0.05, 0) is 50.7 Å². The number of likely N-dealkylation sites (tertiary alicyclic amines) is 1. The van der Waals surface area contributed by atoms with E-state index in [1.165, 1.54) is 0 Å². The van der Waals surface area contributed by atoms with E-state index in [9.17, 15) is 18.0 Å². The van der Waals surface area contributed by atoms with Gasteiger partial charge in [-0.25, -0.2) is 4.79 Å². The molecule has 11 heteroatoms. The number of carboxylic acid groups (broad SMARTS) is 1. The lowest BCUT2D eigenvalue weighted by atomic mass is 9.78. The van der Waals surface area contributed by atoms with Gasteiger partial charge in [-0.3, -0.25) is 9.78 Å². The van der Waals surface area contributed by atoms with Gasteiger partial charge in [-0.2, -0.15) is 13.2 Å². The number of piperidine rings is 1. The average molecular weight is 476 g/mol. The molecule has 2 aliphatic heterocycles. The second-order valence-electron chi connectivity index (χ2n) is 7.88. The van der Waals surface area contributed by atoms with E-state index in [4.69, 9.17) is 24.1 Å². The summed E-state index contributed by atoms with van der Waals surface area (Å²) >= 11 is 0. The number of carboxylic acids is 1. The van der Waals surface area contributed by atoms with E-state index >= 15 is 0 Å². The molecule has 1 spiro atoms. The fourth-order valence-corrected chi connectivity index (χ4v) is 4.05. The van der Waals surface area contributed by atoms with Gasteiger partial charge in [0.05, 0.1) is 17.9 Å². The number of rotatable bonds is 8. The Morgan fingerprint density at radius 2 is 1.97 bits per heavy atom. The Hall–Kier alpha value is -2.24. The van der Waals surface area contributed by atoms with Crippen molar-refractivity contribution in [3.63, 3.8) is 0 Å². The average Bonchev–Trinajstić information content (AvgIpc) is 3.17. The predicted molar refractivity (Wildman–Crippen MR) is 111 cm³/mol. The van der Waals surface area contributed by atoms with Gasteiger partial charge in [0, 0.05) is 39.1 Å². The fourth-order valence-electron chi connectivity index (χ4n) is 4.05. The molecule has 2 fully saturated rings. The number of alkyl halides is 3. The smallest absolute Gasteiger partial charge is 0.475 e. The number of hydrogen-bond acceptors (Lipinski definition) is 6. The normalized spacial score (nSPS) is 19.8. The van der Waals surface area contributed by atoms with E-state index in [-0.39, 0.29) is 18.1 Å². The second kappa shape index (κ2) is 12.9. The minimum atomic E-state index is -5.08. The molecule has 1 atom stereocenters. The highest BCUT2D eigenvalue weighted by Crippen LogP contribution is 2.42. The van der Waals surface area contributed by atoms with Crippen molar-refractivity contribution in [2.75, 3.05) is 39.5 Å². The Labute approximate surface area is 191 Å². The number of carbonyl (C=O) groups excluding carboxylic acids is 1. The standard InChI is InChI=1S/C20H30N2O4.C2HF3O2/c1-2-24-16-19(23)22-11-8-20(9-12-22)17(7-14-26-20)6-13-25-15-18-5-3-4-10-21-18;3-2(4,5)1(6)7/h3-5,10,17H,2,6-9,11-16H2,1H3;(H,6,7). The SMILES string of the molecule is CCOCC(=O)N1CCC2(CC1)OCCC2CCOCc1ccccn1.O=C(O)C(F)(F)F. The summed E-state index contributed by atoms with van der Waals surface area (Å²) in [6.45, 7) is 6.29. The predicted octanol–water partition coefficient (Wildman–Crippen LogP) is 3.06. The van der Waals surface area contributed by atoms with Crippen molar-refractivity contribution in [1.82, 2.24) is 9.88 Å². The molecule has 3 heterocycles. The maximum atomic E-state index is 12.1. The first-order valence-electron chi connectivity index (χ1n) is 10.9. The van der Waals surface area contributed by atoms with Gasteiger partial charge in [0.15, 0.2) is 0 Å². The first-order valence-corrected chi connectivity index (χ1v) is 10.9. The molecule has 2 saturated heterocycles. The first-order chi connectivity index (χ1) is 15.7. The molecule has 0 aromatic carbocycles. The summed E-state index contributed by atoms with van der Waals surface area (Å²) in [5.74, 6) is -2.15. The number of ether oxygens (including phenoxy) is 3. The minimum absolute atomic E-state index is 0.0727. The van der Waals surface area contributed by atoms with Crippen LogP contribution in [0, 0.1) is 5.92 Å². The first kappa shape index (κ1) is 27.0. The summed E-state index contributed by atoms with van der Waals surface area (Å²) in [6, 6.07) is 5.87. The van der Waals surface area contributed by atoms with Gasteiger partial charge < -0.3 is 24.2 Å². The van der Waals surface area contributed by atoms with Gasteiger partial charge in [-0.1, -0.05) is 6.07 Å². The Kier molecular flexibility index (Phi) is 10.5. The molecular weight excluding hydrogens is 445 g/mol. The molecule has 0 bridgehead atoms. The lowest BCUT2D eigenvalue weighted by Crippen LogP contribution is -2.50. The highest BCUT2D eigenvalue weighted by molar-refractivity contribution is 5.77. The summed E-state index contributed by atoms with van der Waals surface area (Å²) in [5, 5.41) is 7.12. The van der Waals surface area contributed by atoms with Crippen LogP contribution in [0.4, 0.5) is 13.2 Å². The van der Waals surface area contributed by atoms with Crippen LogP contribution in [0.5, 0.6) is 0 Å². The highest BCUT2D eigenvalue weighted by atomic mass is 19.4. The molecule has 0 aliphatic carbocycles. The van der Waals surface area contributed by atoms with Gasteiger partial charge in [0.1, 0.15) is 6.61 Å². The Morgan fingerprint density at radius 1 is 1.27 bits per heavy atom. The third-order valence-electron chi connectivity index (χ3n) is 5.82. The lowest BCUT2D eigenvalue weighted by molar-refractivity contribution is -0.192. The number of aliphatic carboxylic acids is 1. The minimum Gasteiger partial charge on any atom is -0.475 e. The van der Waals surface area contributed by atoms with E-state index in [2.05, 4.69) is 4.98 Å². The number of halogens is 3. The molecule has 2 aliphatic rings. The van der Waals surface area contributed by atoms with Crippen molar-refractivity contribution in [2.24, 2.45) is 5.92 Å². The quantitative estimate of drug-likeness (QED) is 0.576. The largest absolute Gasteiger partial charge is 0.490 e. The van der Waals surface area contributed by atoms with Crippen LogP contribution in [0.3, 0.4) is 0 Å². The molecular formula is C22H31F3N2O6. The second-order valence-corrected chi connectivity index (χ2v) is 7.88. The zero-order chi connectivity index (χ0) is 24.3. The van der Waals surface area contributed by atoms with Crippen LogP contribution in [-0.2, 0) is 30.4 Å². The van der Waals surface area contributed by atoms with Crippen LogP contribution >= 0.6 is 0 Å². The van der Waals surface area contributed by atoms with Gasteiger partial charge >= 0.3 is 12.1 Å². The molecule has 8 nitrogen and oxygen atoms in total. The number of hydrogen-bond donors (Lipinski definition) is 1. The lowest BCUT2D eigenvalue weighted by Gasteiger charge is -2.42. The summed E-state index contributed by atoms with van der Waals surface area (Å²) in [5.41, 5.74) is 0.891. The third-order valence-corrected chi connectivity index (χ3v) is 5.82. The topological polar surface area (TPSA) is 98.2 Å². The van der Waals surface area contributed by atoms with E-state index in [1.54, 1.807) is 6.20 Å². The van der Waals surface area contributed by atoms with Gasteiger partial charge in [0.25, 0.3) is 0 Å². The van der Waals surface area contributed by atoms with Crippen molar-refractivity contribution in [3.05, 3.63) is 30.1 Å². The Balaban J connectivity index is 0.000000479.